The summed E-state index contributed by atoms with van der Waals surface area (Å²) in [6, 6.07) is 10.6. The minimum Gasteiger partial charge on any atom is -0.308 e. The van der Waals surface area contributed by atoms with Crippen LogP contribution in [0.3, 0.4) is 0 Å². The van der Waals surface area contributed by atoms with Crippen LogP contribution >= 0.6 is 23.4 Å². The average Bonchev–Trinajstić information content (AvgIpc) is 2.44. The fourth-order valence-electron chi connectivity index (χ4n) is 1.79. The predicted octanol–water partition coefficient (Wildman–Crippen LogP) is 4.92. The van der Waals surface area contributed by atoms with Crippen molar-refractivity contribution in [3.63, 3.8) is 0 Å². The van der Waals surface area contributed by atoms with Crippen LogP contribution in [0.1, 0.15) is 31.9 Å². The molecule has 0 radical (unpaired) electrons. The van der Waals surface area contributed by atoms with Crippen LogP contribution in [0.15, 0.2) is 47.6 Å². The van der Waals surface area contributed by atoms with Crippen LogP contribution in [0.5, 0.6) is 0 Å². The van der Waals surface area contributed by atoms with Gasteiger partial charge in [0.2, 0.25) is 0 Å². The Morgan fingerprint density at radius 1 is 1.24 bits per heavy atom. The van der Waals surface area contributed by atoms with E-state index in [1.54, 1.807) is 24.2 Å². The lowest BCUT2D eigenvalue weighted by Crippen LogP contribution is -2.35. The minimum atomic E-state index is 0.133. The van der Waals surface area contributed by atoms with Crippen molar-refractivity contribution in [1.29, 1.82) is 0 Å². The van der Waals surface area contributed by atoms with Gasteiger partial charge in [-0.25, -0.2) is 0 Å². The lowest BCUT2D eigenvalue weighted by Gasteiger charge is -2.20. The Morgan fingerprint density at radius 3 is 2.76 bits per heavy atom. The monoisotopic (exact) mass is 320 g/mol. The van der Waals surface area contributed by atoms with Gasteiger partial charge in [0.25, 0.3) is 0 Å². The molecule has 0 bridgehead atoms. The maximum absolute atomic E-state index is 6.14. The van der Waals surface area contributed by atoms with E-state index in [0.717, 1.165) is 22.9 Å². The normalized spacial score (nSPS) is 11.6. The van der Waals surface area contributed by atoms with Crippen molar-refractivity contribution in [3.05, 3.63) is 58.9 Å². The summed E-state index contributed by atoms with van der Waals surface area (Å²) in [6.07, 6.45) is 3.48. The van der Waals surface area contributed by atoms with Gasteiger partial charge in [-0.05, 0) is 50.1 Å². The molecule has 1 aromatic carbocycles. The molecular formula is C17H21ClN2S. The summed E-state index contributed by atoms with van der Waals surface area (Å²) in [6.45, 7) is 7.42. The third-order valence-corrected chi connectivity index (χ3v) is 4.35. The first-order valence-electron chi connectivity index (χ1n) is 6.99. The Bertz CT molecular complexity index is 593. The molecule has 0 aliphatic rings. The third kappa shape index (κ3) is 5.70. The Hall–Kier alpha value is -1.03. The summed E-state index contributed by atoms with van der Waals surface area (Å²) in [5.41, 5.74) is 2.55. The third-order valence-electron chi connectivity index (χ3n) is 2.97. The number of hydrogen-bond acceptors (Lipinski definition) is 3. The van der Waals surface area contributed by atoms with Gasteiger partial charge >= 0.3 is 0 Å². The Labute approximate surface area is 136 Å². The molecule has 1 heterocycles. The largest absolute Gasteiger partial charge is 0.308 e. The molecule has 1 aromatic heterocycles. The van der Waals surface area contributed by atoms with Crippen molar-refractivity contribution in [1.82, 2.24) is 10.3 Å². The first kappa shape index (κ1) is 16.3. The summed E-state index contributed by atoms with van der Waals surface area (Å²) in [7, 11) is 0. The summed E-state index contributed by atoms with van der Waals surface area (Å²) >= 11 is 7.93. The highest BCUT2D eigenvalue weighted by Gasteiger charge is 2.08. The highest BCUT2D eigenvalue weighted by atomic mass is 35.5. The number of rotatable bonds is 5. The molecule has 1 N–H and O–H groups in total. The Balaban J connectivity index is 1.96. The number of aromatic nitrogens is 1. The molecule has 0 unspecified atom stereocenters. The molecule has 0 spiro atoms. The van der Waals surface area contributed by atoms with E-state index in [-0.39, 0.29) is 5.54 Å². The van der Waals surface area contributed by atoms with E-state index in [9.17, 15) is 0 Å². The van der Waals surface area contributed by atoms with Crippen molar-refractivity contribution in [2.45, 2.75) is 43.5 Å². The van der Waals surface area contributed by atoms with E-state index < -0.39 is 0 Å². The molecule has 2 aromatic rings. The number of benzene rings is 1. The van der Waals surface area contributed by atoms with Gasteiger partial charge in [0, 0.05) is 35.1 Å². The maximum Gasteiger partial charge on any atom is 0.0629 e. The molecule has 21 heavy (non-hydrogen) atoms. The molecule has 4 heteroatoms. The van der Waals surface area contributed by atoms with E-state index in [1.165, 1.54) is 10.5 Å². The molecule has 0 atom stereocenters. The zero-order valence-electron chi connectivity index (χ0n) is 12.7. The second kappa shape index (κ2) is 7.30. The number of nitrogens with zero attached hydrogens (tertiary/aromatic N) is 1. The van der Waals surface area contributed by atoms with Gasteiger partial charge in [0.15, 0.2) is 0 Å². The Kier molecular flexibility index (Phi) is 5.68. The molecule has 2 nitrogen and oxygen atoms in total. The van der Waals surface area contributed by atoms with E-state index in [4.69, 9.17) is 11.6 Å². The van der Waals surface area contributed by atoms with Gasteiger partial charge in [-0.1, -0.05) is 23.7 Å². The first-order chi connectivity index (χ1) is 9.94. The number of nitrogens with one attached hydrogen (secondary N) is 1. The van der Waals surface area contributed by atoms with E-state index in [1.807, 2.05) is 6.07 Å². The minimum absolute atomic E-state index is 0.133. The molecule has 0 fully saturated rings. The Morgan fingerprint density at radius 2 is 2.05 bits per heavy atom. The fourth-order valence-corrected chi connectivity index (χ4v) is 3.04. The lowest BCUT2D eigenvalue weighted by molar-refractivity contribution is 0.424. The van der Waals surface area contributed by atoms with Gasteiger partial charge in [0.1, 0.15) is 0 Å². The molecule has 2 rings (SSSR count). The van der Waals surface area contributed by atoms with Crippen molar-refractivity contribution in [2.75, 3.05) is 0 Å². The van der Waals surface area contributed by atoms with Crippen LogP contribution in [0.4, 0.5) is 0 Å². The van der Waals surface area contributed by atoms with Crippen molar-refractivity contribution < 1.29 is 0 Å². The number of pyridine rings is 1. The highest BCUT2D eigenvalue weighted by molar-refractivity contribution is 7.98. The van der Waals surface area contributed by atoms with Gasteiger partial charge < -0.3 is 5.32 Å². The van der Waals surface area contributed by atoms with Gasteiger partial charge in [-0.3, -0.25) is 4.98 Å². The summed E-state index contributed by atoms with van der Waals surface area (Å²) in [4.78, 5) is 5.27. The smallest absolute Gasteiger partial charge is 0.0629 e. The molecule has 0 aliphatic carbocycles. The topological polar surface area (TPSA) is 24.9 Å². The van der Waals surface area contributed by atoms with Crippen LogP contribution in [-0.2, 0) is 12.3 Å². The van der Waals surface area contributed by atoms with Crippen molar-refractivity contribution >= 4 is 23.4 Å². The first-order valence-corrected chi connectivity index (χ1v) is 8.35. The second-order valence-electron chi connectivity index (χ2n) is 6.01. The molecule has 0 aliphatic heterocycles. The zero-order valence-corrected chi connectivity index (χ0v) is 14.3. The van der Waals surface area contributed by atoms with Crippen molar-refractivity contribution in [3.8, 4) is 0 Å². The zero-order chi connectivity index (χ0) is 15.3. The molecular weight excluding hydrogens is 300 g/mol. The molecule has 112 valence electrons. The summed E-state index contributed by atoms with van der Waals surface area (Å²) < 4.78 is 0. The van der Waals surface area contributed by atoms with Gasteiger partial charge in [0.05, 0.1) is 5.02 Å². The maximum atomic E-state index is 6.14. The van der Waals surface area contributed by atoms with Crippen LogP contribution in [0.2, 0.25) is 5.02 Å². The summed E-state index contributed by atoms with van der Waals surface area (Å²) in [5.74, 6) is 0.859. The number of halogens is 1. The van der Waals surface area contributed by atoms with Crippen LogP contribution in [-0.4, -0.2) is 10.5 Å². The van der Waals surface area contributed by atoms with Crippen LogP contribution in [0.25, 0.3) is 0 Å². The SMILES string of the molecule is CC(C)(C)NCc1cccc(SCc2ccncc2Cl)c1. The predicted molar refractivity (Wildman–Crippen MR) is 91.8 cm³/mol. The number of hydrogen-bond donors (Lipinski definition) is 1. The fraction of sp³-hybridized carbons (Fsp3) is 0.353. The van der Waals surface area contributed by atoms with Crippen LogP contribution < -0.4 is 5.32 Å². The lowest BCUT2D eigenvalue weighted by atomic mass is 10.1. The molecule has 0 saturated heterocycles. The molecule has 0 amide bonds. The van der Waals surface area contributed by atoms with Crippen molar-refractivity contribution in [2.24, 2.45) is 0 Å². The highest BCUT2D eigenvalue weighted by Crippen LogP contribution is 2.26. The second-order valence-corrected chi connectivity index (χ2v) is 7.46. The van der Waals surface area contributed by atoms with E-state index >= 15 is 0 Å². The van der Waals surface area contributed by atoms with E-state index in [2.05, 4.69) is 55.3 Å². The summed E-state index contributed by atoms with van der Waals surface area (Å²) in [5, 5.41) is 4.24. The number of thioether (sulfide) groups is 1. The van der Waals surface area contributed by atoms with Crippen LogP contribution in [0, 0.1) is 0 Å². The van der Waals surface area contributed by atoms with Gasteiger partial charge in [-0.15, -0.1) is 11.8 Å². The quantitative estimate of drug-likeness (QED) is 0.792. The van der Waals surface area contributed by atoms with E-state index in [0.29, 0.717) is 0 Å². The standard InChI is InChI=1S/C17H21ClN2S/c1-17(2,3)20-10-13-5-4-6-15(9-13)21-12-14-7-8-19-11-16(14)18/h4-9,11,20H,10,12H2,1-3H3. The van der Waals surface area contributed by atoms with Gasteiger partial charge in [-0.2, -0.15) is 0 Å². The molecule has 0 saturated carbocycles. The average molecular weight is 321 g/mol.